The van der Waals surface area contributed by atoms with Gasteiger partial charge in [-0.05, 0) is 30.9 Å². The van der Waals surface area contributed by atoms with Crippen LogP contribution in [0.2, 0.25) is 0 Å². The molecule has 1 aliphatic rings. The summed E-state index contributed by atoms with van der Waals surface area (Å²) in [4.78, 5) is 4.53. The van der Waals surface area contributed by atoms with Gasteiger partial charge in [0.25, 0.3) is 0 Å². The molecule has 0 aliphatic carbocycles. The number of nitrogens with zero attached hydrogens (tertiary/aromatic N) is 2. The molecule has 0 spiro atoms. The molecule has 100 valence electrons. The highest BCUT2D eigenvalue weighted by atomic mass is 16.5. The van der Waals surface area contributed by atoms with Gasteiger partial charge in [0.15, 0.2) is 0 Å². The second-order valence-corrected chi connectivity index (χ2v) is 5.20. The van der Waals surface area contributed by atoms with E-state index in [0.29, 0.717) is 17.6 Å². The van der Waals surface area contributed by atoms with E-state index in [1.165, 1.54) is 5.56 Å². The van der Waals surface area contributed by atoms with E-state index in [-0.39, 0.29) is 6.04 Å². The Morgan fingerprint density at radius 3 is 2.74 bits per heavy atom. The van der Waals surface area contributed by atoms with Gasteiger partial charge in [-0.1, -0.05) is 43.3 Å². The average Bonchev–Trinajstić information content (AvgIpc) is 3.07. The lowest BCUT2D eigenvalue weighted by Gasteiger charge is -2.09. The maximum absolute atomic E-state index is 5.41. The van der Waals surface area contributed by atoms with Crippen LogP contribution in [-0.4, -0.2) is 16.7 Å². The normalized spacial score (nSPS) is 22.8. The summed E-state index contributed by atoms with van der Waals surface area (Å²) >= 11 is 0. The lowest BCUT2D eigenvalue weighted by Crippen LogP contribution is -2.16. The van der Waals surface area contributed by atoms with Crippen molar-refractivity contribution < 1.29 is 4.52 Å². The third kappa shape index (κ3) is 2.40. The standard InChI is InChI=1S/C15H19N3O/c1-3-11-4-6-12(7-5-11)14-17-15(19-18-14)13-10(2)8-9-16-13/h4-7,10,13,16H,3,8-9H2,1-2H3. The Kier molecular flexibility index (Phi) is 3.34. The summed E-state index contributed by atoms with van der Waals surface area (Å²) in [5, 5.41) is 7.50. The molecule has 2 atom stereocenters. The van der Waals surface area contributed by atoms with E-state index < -0.39 is 0 Å². The fourth-order valence-corrected chi connectivity index (χ4v) is 2.53. The molecule has 2 heterocycles. The zero-order valence-electron chi connectivity index (χ0n) is 11.4. The van der Waals surface area contributed by atoms with Gasteiger partial charge in [0, 0.05) is 5.56 Å². The smallest absolute Gasteiger partial charge is 0.244 e. The van der Waals surface area contributed by atoms with Crippen LogP contribution in [-0.2, 0) is 6.42 Å². The van der Waals surface area contributed by atoms with Crippen LogP contribution in [0.15, 0.2) is 28.8 Å². The first-order valence-electron chi connectivity index (χ1n) is 6.94. The van der Waals surface area contributed by atoms with Crippen LogP contribution in [0.3, 0.4) is 0 Å². The van der Waals surface area contributed by atoms with Gasteiger partial charge in [-0.2, -0.15) is 4.98 Å². The Bertz CT molecular complexity index is 547. The summed E-state index contributed by atoms with van der Waals surface area (Å²) < 4.78 is 5.41. The number of benzene rings is 1. The van der Waals surface area contributed by atoms with Crippen molar-refractivity contribution in [2.45, 2.75) is 32.7 Å². The first-order valence-corrected chi connectivity index (χ1v) is 6.94. The zero-order valence-corrected chi connectivity index (χ0v) is 11.4. The number of aryl methyl sites for hydroxylation is 1. The highest BCUT2D eigenvalue weighted by molar-refractivity contribution is 5.54. The Hall–Kier alpha value is -1.68. The molecule has 1 aromatic heterocycles. The molecule has 0 saturated carbocycles. The lowest BCUT2D eigenvalue weighted by atomic mass is 10.0. The predicted molar refractivity (Wildman–Crippen MR) is 73.6 cm³/mol. The fourth-order valence-electron chi connectivity index (χ4n) is 2.53. The topological polar surface area (TPSA) is 51.0 Å². The third-order valence-corrected chi connectivity index (χ3v) is 3.86. The van der Waals surface area contributed by atoms with Crippen LogP contribution in [0.5, 0.6) is 0 Å². The molecule has 1 N–H and O–H groups in total. The first-order chi connectivity index (χ1) is 9.28. The number of hydrogen-bond donors (Lipinski definition) is 1. The van der Waals surface area contributed by atoms with E-state index >= 15 is 0 Å². The molecule has 0 radical (unpaired) electrons. The molecule has 2 unspecified atom stereocenters. The maximum atomic E-state index is 5.41. The molecule has 1 aromatic carbocycles. The lowest BCUT2D eigenvalue weighted by molar-refractivity contribution is 0.319. The summed E-state index contributed by atoms with van der Waals surface area (Å²) in [6.45, 7) is 5.38. The van der Waals surface area contributed by atoms with Gasteiger partial charge < -0.3 is 9.84 Å². The molecule has 4 nitrogen and oxygen atoms in total. The van der Waals surface area contributed by atoms with Crippen molar-refractivity contribution in [2.75, 3.05) is 6.54 Å². The minimum atomic E-state index is 0.205. The highest BCUT2D eigenvalue weighted by Crippen LogP contribution is 2.29. The van der Waals surface area contributed by atoms with E-state index in [0.717, 1.165) is 24.9 Å². The number of hydrogen-bond acceptors (Lipinski definition) is 4. The van der Waals surface area contributed by atoms with Crippen molar-refractivity contribution in [1.29, 1.82) is 0 Å². The monoisotopic (exact) mass is 257 g/mol. The van der Waals surface area contributed by atoms with Gasteiger partial charge in [-0.3, -0.25) is 0 Å². The molecule has 1 fully saturated rings. The minimum Gasteiger partial charge on any atom is -0.337 e. The number of aromatic nitrogens is 2. The van der Waals surface area contributed by atoms with Crippen LogP contribution < -0.4 is 5.32 Å². The minimum absolute atomic E-state index is 0.205. The van der Waals surface area contributed by atoms with Gasteiger partial charge in [0.1, 0.15) is 0 Å². The quantitative estimate of drug-likeness (QED) is 0.918. The second kappa shape index (κ2) is 5.13. The van der Waals surface area contributed by atoms with Gasteiger partial charge in [0.05, 0.1) is 6.04 Å². The Morgan fingerprint density at radius 2 is 2.11 bits per heavy atom. The van der Waals surface area contributed by atoms with Crippen molar-refractivity contribution in [3.05, 3.63) is 35.7 Å². The van der Waals surface area contributed by atoms with Crippen molar-refractivity contribution in [2.24, 2.45) is 5.92 Å². The third-order valence-electron chi connectivity index (χ3n) is 3.86. The zero-order chi connectivity index (χ0) is 13.2. The van der Waals surface area contributed by atoms with Crippen molar-refractivity contribution >= 4 is 0 Å². The van der Waals surface area contributed by atoms with Crippen LogP contribution in [0.25, 0.3) is 11.4 Å². The van der Waals surface area contributed by atoms with Crippen LogP contribution in [0, 0.1) is 5.92 Å². The van der Waals surface area contributed by atoms with Gasteiger partial charge in [-0.15, -0.1) is 0 Å². The van der Waals surface area contributed by atoms with E-state index in [9.17, 15) is 0 Å². The summed E-state index contributed by atoms with van der Waals surface area (Å²) in [7, 11) is 0. The first kappa shape index (κ1) is 12.4. The Balaban J connectivity index is 1.83. The molecular weight excluding hydrogens is 238 g/mol. The SMILES string of the molecule is CCc1ccc(-c2noc(C3NCCC3C)n2)cc1. The predicted octanol–water partition coefficient (Wildman–Crippen LogP) is 2.97. The molecule has 3 rings (SSSR count). The molecular formula is C15H19N3O. The van der Waals surface area contributed by atoms with Crippen molar-refractivity contribution in [1.82, 2.24) is 15.5 Å². The van der Waals surface area contributed by atoms with E-state index in [4.69, 9.17) is 4.52 Å². The maximum Gasteiger partial charge on any atom is 0.244 e. The average molecular weight is 257 g/mol. The van der Waals surface area contributed by atoms with Crippen molar-refractivity contribution in [3.8, 4) is 11.4 Å². The molecule has 1 aliphatic heterocycles. The fraction of sp³-hybridized carbons (Fsp3) is 0.467. The van der Waals surface area contributed by atoms with Crippen LogP contribution in [0.1, 0.15) is 37.8 Å². The van der Waals surface area contributed by atoms with Crippen LogP contribution >= 0.6 is 0 Å². The Labute approximate surface area is 113 Å². The molecule has 19 heavy (non-hydrogen) atoms. The number of rotatable bonds is 3. The second-order valence-electron chi connectivity index (χ2n) is 5.20. The molecule has 2 aromatic rings. The summed E-state index contributed by atoms with van der Waals surface area (Å²) in [6, 6.07) is 8.54. The van der Waals surface area contributed by atoms with E-state index in [1.807, 2.05) is 0 Å². The highest BCUT2D eigenvalue weighted by Gasteiger charge is 2.29. The number of nitrogens with one attached hydrogen (secondary N) is 1. The summed E-state index contributed by atoms with van der Waals surface area (Å²) in [5.41, 5.74) is 2.33. The molecule has 1 saturated heterocycles. The summed E-state index contributed by atoms with van der Waals surface area (Å²) in [5.74, 6) is 1.94. The van der Waals surface area contributed by atoms with Crippen LogP contribution in [0.4, 0.5) is 0 Å². The Morgan fingerprint density at radius 1 is 1.32 bits per heavy atom. The van der Waals surface area contributed by atoms with E-state index in [1.54, 1.807) is 0 Å². The molecule has 0 bridgehead atoms. The van der Waals surface area contributed by atoms with Gasteiger partial charge in [0.2, 0.25) is 11.7 Å². The van der Waals surface area contributed by atoms with Gasteiger partial charge in [-0.25, -0.2) is 0 Å². The molecule has 4 heteroatoms. The molecule has 0 amide bonds. The van der Waals surface area contributed by atoms with Crippen molar-refractivity contribution in [3.63, 3.8) is 0 Å². The van der Waals surface area contributed by atoms with E-state index in [2.05, 4.69) is 53.6 Å². The summed E-state index contributed by atoms with van der Waals surface area (Å²) in [6.07, 6.45) is 2.20. The largest absolute Gasteiger partial charge is 0.337 e. The van der Waals surface area contributed by atoms with Gasteiger partial charge >= 0.3 is 0 Å².